The number of sulfonamides is 1. The second-order valence-corrected chi connectivity index (χ2v) is 9.88. The molecule has 1 atom stereocenters. The first-order valence-electron chi connectivity index (χ1n) is 9.79. The maximum Gasteiger partial charge on any atom is 0.306 e. The molecule has 3 aromatic rings. The first kappa shape index (κ1) is 23.4. The van der Waals surface area contributed by atoms with E-state index < -0.39 is 33.0 Å². The number of hydrogen-bond donors (Lipinski definition) is 2. The number of rotatable bonds is 7. The molecule has 0 aliphatic carbocycles. The van der Waals surface area contributed by atoms with Crippen molar-refractivity contribution < 1.29 is 17.9 Å². The Morgan fingerprint density at radius 3 is 2.56 bits per heavy atom. The van der Waals surface area contributed by atoms with Crippen LogP contribution in [-0.4, -0.2) is 46.8 Å². The van der Waals surface area contributed by atoms with Gasteiger partial charge in [0, 0.05) is 41.8 Å². The minimum Gasteiger partial charge on any atom is -0.469 e. The van der Waals surface area contributed by atoms with E-state index in [1.165, 1.54) is 36.3 Å². The fourth-order valence-corrected chi connectivity index (χ4v) is 4.53. The summed E-state index contributed by atoms with van der Waals surface area (Å²) in [5, 5.41) is 2.83. The Hall–Kier alpha value is -3.31. The van der Waals surface area contributed by atoms with Gasteiger partial charge in [-0.25, -0.2) is 22.8 Å². The number of carbonyl (C=O) groups excluding carboxylic acids is 1. The number of carbonyl (C=O) groups is 1. The van der Waals surface area contributed by atoms with Gasteiger partial charge < -0.3 is 4.74 Å². The largest absolute Gasteiger partial charge is 0.469 e. The predicted octanol–water partition coefficient (Wildman–Crippen LogP) is 1.73. The molecule has 170 valence electrons. The molecule has 0 saturated carbocycles. The number of hydrogen-bond acceptors (Lipinski definition) is 7. The molecule has 2 N–H and O–H groups in total. The van der Waals surface area contributed by atoms with Crippen LogP contribution in [0.15, 0.2) is 58.7 Å². The molecule has 1 unspecified atom stereocenters. The first-order chi connectivity index (χ1) is 15.0. The van der Waals surface area contributed by atoms with E-state index in [0.717, 1.165) is 0 Å². The minimum atomic E-state index is -3.76. The number of methoxy groups -OCH3 is 1. The van der Waals surface area contributed by atoms with Crippen LogP contribution in [0.2, 0.25) is 0 Å². The summed E-state index contributed by atoms with van der Waals surface area (Å²) in [7, 11) is -2.47. The zero-order valence-corrected chi connectivity index (χ0v) is 19.0. The smallest absolute Gasteiger partial charge is 0.306 e. The summed E-state index contributed by atoms with van der Waals surface area (Å²) in [6.07, 6.45) is 5.82. The van der Waals surface area contributed by atoms with Crippen LogP contribution in [-0.2, 0) is 19.6 Å². The lowest BCUT2D eigenvalue weighted by atomic mass is 9.91. The van der Waals surface area contributed by atoms with Gasteiger partial charge >= 0.3 is 5.97 Å². The molecule has 0 aromatic carbocycles. The lowest BCUT2D eigenvalue weighted by Crippen LogP contribution is -2.40. The van der Waals surface area contributed by atoms with Crippen LogP contribution in [0, 0.1) is 0 Å². The average Bonchev–Trinajstić information content (AvgIpc) is 3.12. The molecule has 3 aromatic heterocycles. The fraction of sp³-hybridized carbons (Fsp3) is 0.333. The Labute approximate surface area is 185 Å². The number of aromatic nitrogens is 4. The van der Waals surface area contributed by atoms with Crippen molar-refractivity contribution in [2.24, 2.45) is 0 Å². The number of ether oxygens (including phenoxy) is 1. The Kier molecular flexibility index (Phi) is 6.60. The summed E-state index contributed by atoms with van der Waals surface area (Å²) in [5.74, 6) is -0.833. The third-order valence-corrected chi connectivity index (χ3v) is 6.30. The molecule has 0 fully saturated rings. The van der Waals surface area contributed by atoms with Crippen molar-refractivity contribution in [2.45, 2.75) is 43.5 Å². The van der Waals surface area contributed by atoms with Gasteiger partial charge in [0.05, 0.1) is 13.5 Å². The average molecular weight is 460 g/mol. The van der Waals surface area contributed by atoms with Crippen molar-refractivity contribution in [3.05, 3.63) is 70.5 Å². The highest BCUT2D eigenvalue weighted by molar-refractivity contribution is 7.89. The van der Waals surface area contributed by atoms with Crippen LogP contribution in [0.4, 0.5) is 0 Å². The van der Waals surface area contributed by atoms with E-state index >= 15 is 0 Å². The van der Waals surface area contributed by atoms with E-state index in [4.69, 9.17) is 4.74 Å². The number of pyridine rings is 2. The van der Waals surface area contributed by atoms with Crippen LogP contribution < -0.4 is 10.3 Å². The third-order valence-electron chi connectivity index (χ3n) is 4.56. The molecule has 0 bridgehead atoms. The summed E-state index contributed by atoms with van der Waals surface area (Å²) < 4.78 is 33.4. The van der Waals surface area contributed by atoms with E-state index in [1.54, 1.807) is 45.3 Å². The van der Waals surface area contributed by atoms with Gasteiger partial charge in [0.15, 0.2) is 5.82 Å². The molecule has 0 aliphatic heterocycles. The molecule has 3 rings (SSSR count). The van der Waals surface area contributed by atoms with Crippen LogP contribution in [0.3, 0.4) is 0 Å². The van der Waals surface area contributed by atoms with Crippen molar-refractivity contribution in [1.29, 1.82) is 0 Å². The highest BCUT2D eigenvalue weighted by Crippen LogP contribution is 2.26. The van der Waals surface area contributed by atoms with Crippen LogP contribution in [0.1, 0.15) is 44.2 Å². The molecule has 32 heavy (non-hydrogen) atoms. The summed E-state index contributed by atoms with van der Waals surface area (Å²) in [6.45, 7) is 5.21. The minimum absolute atomic E-state index is 0.0186. The SMILES string of the molecule is COC(=O)CC(c1cccnc1)c1c[nH]n(-c2ccc(S(=O)(=O)NC(C)(C)C)cn2)c1=O. The van der Waals surface area contributed by atoms with Gasteiger partial charge in [-0.2, -0.15) is 0 Å². The van der Waals surface area contributed by atoms with Crippen LogP contribution in [0.5, 0.6) is 0 Å². The quantitative estimate of drug-likeness (QED) is 0.514. The summed E-state index contributed by atoms with van der Waals surface area (Å²) in [5.41, 5.74) is -0.0530. The topological polar surface area (TPSA) is 136 Å². The van der Waals surface area contributed by atoms with Crippen LogP contribution in [0.25, 0.3) is 5.82 Å². The Morgan fingerprint density at radius 1 is 1.25 bits per heavy atom. The van der Waals surface area contributed by atoms with Crippen molar-refractivity contribution in [2.75, 3.05) is 7.11 Å². The number of nitrogens with one attached hydrogen (secondary N) is 2. The summed E-state index contributed by atoms with van der Waals surface area (Å²) in [6, 6.07) is 6.29. The first-order valence-corrected chi connectivity index (χ1v) is 11.3. The molecule has 11 heteroatoms. The van der Waals surface area contributed by atoms with E-state index in [-0.39, 0.29) is 17.1 Å². The Bertz CT molecular complexity index is 1240. The van der Waals surface area contributed by atoms with Gasteiger partial charge in [-0.1, -0.05) is 6.07 Å². The fourth-order valence-electron chi connectivity index (χ4n) is 3.17. The third kappa shape index (κ3) is 5.29. The van der Waals surface area contributed by atoms with Gasteiger partial charge in [0.1, 0.15) is 4.90 Å². The molecular formula is C21H25N5O5S. The second-order valence-electron chi connectivity index (χ2n) is 8.20. The van der Waals surface area contributed by atoms with Gasteiger partial charge in [0.2, 0.25) is 10.0 Å². The standard InChI is InChI=1S/C21H25N5O5S/c1-21(2,3)25-32(29,30)15-7-8-18(23-12-15)26-20(28)17(13-24-26)16(10-19(27)31-4)14-6-5-9-22-11-14/h5-9,11-13,16,24-25H,10H2,1-4H3. The van der Waals surface area contributed by atoms with Crippen molar-refractivity contribution in [3.63, 3.8) is 0 Å². The molecule has 0 radical (unpaired) electrons. The number of H-pyrrole nitrogens is 1. The lowest BCUT2D eigenvalue weighted by Gasteiger charge is -2.20. The Balaban J connectivity index is 1.96. The highest BCUT2D eigenvalue weighted by Gasteiger charge is 2.25. The van der Waals surface area contributed by atoms with E-state index in [9.17, 15) is 18.0 Å². The van der Waals surface area contributed by atoms with E-state index in [1.807, 2.05) is 0 Å². The summed E-state index contributed by atoms with van der Waals surface area (Å²) in [4.78, 5) is 33.3. The molecular weight excluding hydrogens is 434 g/mol. The van der Waals surface area contributed by atoms with Gasteiger partial charge in [-0.3, -0.25) is 19.7 Å². The van der Waals surface area contributed by atoms with Crippen molar-refractivity contribution >= 4 is 16.0 Å². The van der Waals surface area contributed by atoms with Crippen molar-refractivity contribution in [1.82, 2.24) is 24.5 Å². The predicted molar refractivity (Wildman–Crippen MR) is 117 cm³/mol. The van der Waals surface area contributed by atoms with E-state index in [0.29, 0.717) is 11.1 Å². The van der Waals surface area contributed by atoms with Gasteiger partial charge in [-0.05, 0) is 44.5 Å². The van der Waals surface area contributed by atoms with Crippen LogP contribution >= 0.6 is 0 Å². The maximum absolute atomic E-state index is 13.1. The zero-order valence-electron chi connectivity index (χ0n) is 18.2. The molecule has 0 amide bonds. The molecule has 3 heterocycles. The molecule has 0 aliphatic rings. The van der Waals surface area contributed by atoms with Gasteiger partial charge in [-0.15, -0.1) is 0 Å². The van der Waals surface area contributed by atoms with Crippen molar-refractivity contribution in [3.8, 4) is 5.82 Å². The lowest BCUT2D eigenvalue weighted by molar-refractivity contribution is -0.140. The monoisotopic (exact) mass is 459 g/mol. The highest BCUT2D eigenvalue weighted by atomic mass is 32.2. The Morgan fingerprint density at radius 2 is 2.00 bits per heavy atom. The number of nitrogens with zero attached hydrogens (tertiary/aromatic N) is 3. The van der Waals surface area contributed by atoms with E-state index in [2.05, 4.69) is 19.8 Å². The molecule has 0 spiro atoms. The molecule has 10 nitrogen and oxygen atoms in total. The maximum atomic E-state index is 13.1. The molecule has 0 saturated heterocycles. The zero-order chi connectivity index (χ0) is 23.5. The normalized spacial score (nSPS) is 13.0. The number of esters is 1. The summed E-state index contributed by atoms with van der Waals surface area (Å²) >= 11 is 0. The van der Waals surface area contributed by atoms with Gasteiger partial charge in [0.25, 0.3) is 5.56 Å². The second kappa shape index (κ2) is 9.05. The number of aromatic amines is 1.